The standard InChI is InChI=1S/C15H20O3/c1-2-3-11-8-9-18-14(10-11)12-4-6-13(7-5-12)15(16)17/h4-7,11,14H,2-3,8-10H2,1H3,(H,16,17). The molecule has 0 radical (unpaired) electrons. The smallest absolute Gasteiger partial charge is 0.335 e. The van der Waals surface area contributed by atoms with Crippen LogP contribution in [0.4, 0.5) is 0 Å². The van der Waals surface area contributed by atoms with Crippen LogP contribution >= 0.6 is 0 Å². The minimum absolute atomic E-state index is 0.137. The number of rotatable bonds is 4. The maximum atomic E-state index is 10.8. The van der Waals surface area contributed by atoms with Crippen LogP contribution in [0.1, 0.15) is 54.6 Å². The van der Waals surface area contributed by atoms with E-state index in [4.69, 9.17) is 9.84 Å². The molecule has 1 aliphatic rings. The summed E-state index contributed by atoms with van der Waals surface area (Å²) in [4.78, 5) is 10.8. The van der Waals surface area contributed by atoms with Crippen LogP contribution in [-0.2, 0) is 4.74 Å². The first-order valence-electron chi connectivity index (χ1n) is 6.65. The number of carbonyl (C=O) groups is 1. The van der Waals surface area contributed by atoms with Gasteiger partial charge < -0.3 is 9.84 Å². The normalized spacial score (nSPS) is 23.8. The first kappa shape index (κ1) is 13.1. The average Bonchev–Trinajstić information content (AvgIpc) is 2.39. The van der Waals surface area contributed by atoms with Crippen molar-refractivity contribution in [2.24, 2.45) is 5.92 Å². The van der Waals surface area contributed by atoms with E-state index in [0.717, 1.165) is 30.9 Å². The number of carboxylic acids is 1. The highest BCUT2D eigenvalue weighted by Gasteiger charge is 2.23. The molecular weight excluding hydrogens is 228 g/mol. The van der Waals surface area contributed by atoms with E-state index < -0.39 is 5.97 Å². The van der Waals surface area contributed by atoms with Gasteiger partial charge in [0.1, 0.15) is 0 Å². The van der Waals surface area contributed by atoms with E-state index in [1.165, 1.54) is 12.8 Å². The molecule has 3 nitrogen and oxygen atoms in total. The van der Waals surface area contributed by atoms with E-state index in [0.29, 0.717) is 5.56 Å². The van der Waals surface area contributed by atoms with E-state index in [1.54, 1.807) is 12.1 Å². The van der Waals surface area contributed by atoms with Crippen molar-refractivity contribution in [1.29, 1.82) is 0 Å². The molecule has 0 aromatic heterocycles. The molecule has 2 rings (SSSR count). The summed E-state index contributed by atoms with van der Waals surface area (Å²) in [6.45, 7) is 3.03. The molecule has 0 aliphatic carbocycles. The molecule has 2 atom stereocenters. The largest absolute Gasteiger partial charge is 0.478 e. The third-order valence-electron chi connectivity index (χ3n) is 3.62. The number of carboxylic acid groups (broad SMARTS) is 1. The molecule has 1 saturated heterocycles. The van der Waals surface area contributed by atoms with Gasteiger partial charge in [0.25, 0.3) is 0 Å². The van der Waals surface area contributed by atoms with Crippen LogP contribution in [0, 0.1) is 5.92 Å². The molecule has 18 heavy (non-hydrogen) atoms. The lowest BCUT2D eigenvalue weighted by Crippen LogP contribution is -2.19. The van der Waals surface area contributed by atoms with Crippen molar-refractivity contribution in [3.63, 3.8) is 0 Å². The number of ether oxygens (including phenoxy) is 1. The van der Waals surface area contributed by atoms with Gasteiger partial charge in [-0.25, -0.2) is 4.79 Å². The fourth-order valence-electron chi connectivity index (χ4n) is 2.61. The molecule has 0 saturated carbocycles. The summed E-state index contributed by atoms with van der Waals surface area (Å²) in [6, 6.07) is 7.07. The fraction of sp³-hybridized carbons (Fsp3) is 0.533. The van der Waals surface area contributed by atoms with E-state index in [1.807, 2.05) is 12.1 Å². The second kappa shape index (κ2) is 6.01. The summed E-state index contributed by atoms with van der Waals surface area (Å²) in [5.74, 6) is -0.136. The van der Waals surface area contributed by atoms with Gasteiger partial charge in [-0.05, 0) is 36.5 Å². The summed E-state index contributed by atoms with van der Waals surface area (Å²) < 4.78 is 5.79. The molecule has 98 valence electrons. The van der Waals surface area contributed by atoms with Crippen molar-refractivity contribution in [1.82, 2.24) is 0 Å². The van der Waals surface area contributed by atoms with E-state index in [-0.39, 0.29) is 6.10 Å². The minimum Gasteiger partial charge on any atom is -0.478 e. The lowest BCUT2D eigenvalue weighted by atomic mass is 9.88. The Morgan fingerprint density at radius 2 is 2.11 bits per heavy atom. The van der Waals surface area contributed by atoms with Crippen LogP contribution in [0.2, 0.25) is 0 Å². The van der Waals surface area contributed by atoms with Crippen LogP contribution < -0.4 is 0 Å². The first-order valence-corrected chi connectivity index (χ1v) is 6.65. The minimum atomic E-state index is -0.880. The first-order chi connectivity index (χ1) is 8.70. The SMILES string of the molecule is CCCC1CCOC(c2ccc(C(=O)O)cc2)C1. The summed E-state index contributed by atoms with van der Waals surface area (Å²) in [5, 5.41) is 8.87. The molecule has 3 heteroatoms. The van der Waals surface area contributed by atoms with Crippen LogP contribution in [0.3, 0.4) is 0 Å². The molecule has 1 aliphatic heterocycles. The third kappa shape index (κ3) is 3.10. The summed E-state index contributed by atoms with van der Waals surface area (Å²) in [7, 11) is 0. The molecule has 1 fully saturated rings. The zero-order valence-corrected chi connectivity index (χ0v) is 10.8. The Kier molecular flexibility index (Phi) is 4.37. The topological polar surface area (TPSA) is 46.5 Å². The number of aromatic carboxylic acids is 1. The fourth-order valence-corrected chi connectivity index (χ4v) is 2.61. The van der Waals surface area contributed by atoms with Gasteiger partial charge >= 0.3 is 5.97 Å². The van der Waals surface area contributed by atoms with E-state index in [2.05, 4.69) is 6.92 Å². The third-order valence-corrected chi connectivity index (χ3v) is 3.62. The number of benzene rings is 1. The van der Waals surface area contributed by atoms with Gasteiger partial charge in [-0.3, -0.25) is 0 Å². The predicted octanol–water partition coefficient (Wildman–Crippen LogP) is 3.65. The van der Waals surface area contributed by atoms with Crippen molar-refractivity contribution < 1.29 is 14.6 Å². The van der Waals surface area contributed by atoms with Crippen LogP contribution in [0.25, 0.3) is 0 Å². The van der Waals surface area contributed by atoms with Crippen molar-refractivity contribution in [3.8, 4) is 0 Å². The van der Waals surface area contributed by atoms with Gasteiger partial charge in [-0.15, -0.1) is 0 Å². The van der Waals surface area contributed by atoms with Crippen LogP contribution in [-0.4, -0.2) is 17.7 Å². The predicted molar refractivity (Wildman–Crippen MR) is 69.7 cm³/mol. The van der Waals surface area contributed by atoms with Crippen molar-refractivity contribution in [2.45, 2.75) is 38.7 Å². The lowest BCUT2D eigenvalue weighted by Gasteiger charge is -2.29. The Morgan fingerprint density at radius 3 is 2.72 bits per heavy atom. The van der Waals surface area contributed by atoms with E-state index in [9.17, 15) is 4.79 Å². The summed E-state index contributed by atoms with van der Waals surface area (Å²) in [5.41, 5.74) is 1.43. The Labute approximate surface area is 108 Å². The van der Waals surface area contributed by atoms with Gasteiger partial charge in [0.2, 0.25) is 0 Å². The summed E-state index contributed by atoms with van der Waals surface area (Å²) >= 11 is 0. The Bertz CT molecular complexity index is 395. The van der Waals surface area contributed by atoms with Gasteiger partial charge in [-0.2, -0.15) is 0 Å². The maximum absolute atomic E-state index is 10.8. The highest BCUT2D eigenvalue weighted by Crippen LogP contribution is 2.33. The molecule has 2 unspecified atom stereocenters. The molecule has 0 bridgehead atoms. The number of hydrogen-bond donors (Lipinski definition) is 1. The van der Waals surface area contributed by atoms with Crippen molar-refractivity contribution >= 4 is 5.97 Å². The van der Waals surface area contributed by atoms with Gasteiger partial charge in [-0.1, -0.05) is 31.9 Å². The monoisotopic (exact) mass is 248 g/mol. The zero-order valence-electron chi connectivity index (χ0n) is 10.8. The zero-order chi connectivity index (χ0) is 13.0. The quantitative estimate of drug-likeness (QED) is 0.884. The Hall–Kier alpha value is -1.35. The summed E-state index contributed by atoms with van der Waals surface area (Å²) in [6.07, 6.45) is 4.82. The second-order valence-electron chi connectivity index (χ2n) is 4.97. The van der Waals surface area contributed by atoms with Crippen molar-refractivity contribution in [2.75, 3.05) is 6.61 Å². The second-order valence-corrected chi connectivity index (χ2v) is 4.97. The highest BCUT2D eigenvalue weighted by atomic mass is 16.5. The molecule has 1 aromatic carbocycles. The molecular formula is C15H20O3. The van der Waals surface area contributed by atoms with Crippen molar-refractivity contribution in [3.05, 3.63) is 35.4 Å². The maximum Gasteiger partial charge on any atom is 0.335 e. The molecule has 1 N–H and O–H groups in total. The molecule has 1 aromatic rings. The van der Waals surface area contributed by atoms with Gasteiger partial charge in [0, 0.05) is 6.61 Å². The molecule has 1 heterocycles. The van der Waals surface area contributed by atoms with Crippen LogP contribution in [0.15, 0.2) is 24.3 Å². The Balaban J connectivity index is 2.04. The molecule has 0 spiro atoms. The highest BCUT2D eigenvalue weighted by molar-refractivity contribution is 5.87. The van der Waals surface area contributed by atoms with E-state index >= 15 is 0 Å². The van der Waals surface area contributed by atoms with Gasteiger partial charge in [0.05, 0.1) is 11.7 Å². The molecule has 0 amide bonds. The van der Waals surface area contributed by atoms with Crippen LogP contribution in [0.5, 0.6) is 0 Å². The number of hydrogen-bond acceptors (Lipinski definition) is 2. The lowest BCUT2D eigenvalue weighted by molar-refractivity contribution is -0.0122. The van der Waals surface area contributed by atoms with Gasteiger partial charge in [0.15, 0.2) is 0 Å². The Morgan fingerprint density at radius 1 is 1.39 bits per heavy atom. The average molecular weight is 248 g/mol.